The summed E-state index contributed by atoms with van der Waals surface area (Å²) in [5, 5.41) is 12.4. The zero-order chi connectivity index (χ0) is 28.0. The molecule has 2 aromatic carbocycles. The molecule has 206 valence electrons. The summed E-state index contributed by atoms with van der Waals surface area (Å²) in [6, 6.07) is 9.40. The number of rotatable bonds is 6. The summed E-state index contributed by atoms with van der Waals surface area (Å²) in [4.78, 5) is 14.2. The van der Waals surface area contributed by atoms with Gasteiger partial charge in [-0.3, -0.25) is 0 Å². The number of aliphatic hydroxyl groups is 1. The predicted octanol–water partition coefficient (Wildman–Crippen LogP) is 4.16. The van der Waals surface area contributed by atoms with Crippen LogP contribution in [0.2, 0.25) is 0 Å². The van der Waals surface area contributed by atoms with Gasteiger partial charge in [-0.25, -0.2) is 17.6 Å². The molecule has 0 aliphatic carbocycles. The number of likely N-dealkylation sites (N-methyl/N-ethyl adjacent to an activating group) is 1. The molecular weight excluding hydrogens is 509 g/mol. The van der Waals surface area contributed by atoms with E-state index in [1.807, 2.05) is 6.92 Å². The Morgan fingerprint density at radius 1 is 1.26 bits per heavy atom. The van der Waals surface area contributed by atoms with E-state index in [9.17, 15) is 22.7 Å². The van der Waals surface area contributed by atoms with E-state index < -0.39 is 34.0 Å². The second-order valence-corrected chi connectivity index (χ2v) is 12.0. The Morgan fingerprint density at radius 2 is 1.97 bits per heavy atom. The van der Waals surface area contributed by atoms with E-state index in [-0.39, 0.29) is 41.9 Å². The van der Waals surface area contributed by atoms with Crippen LogP contribution in [0.3, 0.4) is 0 Å². The number of nitrogens with one attached hydrogen (secondary N) is 1. The second-order valence-electron chi connectivity index (χ2n) is 10.1. The predicted molar refractivity (Wildman–Crippen MR) is 145 cm³/mol. The van der Waals surface area contributed by atoms with Crippen molar-refractivity contribution < 1.29 is 27.4 Å². The Bertz CT molecular complexity index is 1310. The maximum Gasteiger partial charge on any atom is 0.321 e. The molecule has 0 saturated carbocycles. The number of fused-ring (bicyclic) bond motifs is 1. The van der Waals surface area contributed by atoms with Gasteiger partial charge in [-0.15, -0.1) is 0 Å². The lowest BCUT2D eigenvalue weighted by atomic mass is 10.0. The van der Waals surface area contributed by atoms with Crippen molar-refractivity contribution in [1.29, 1.82) is 0 Å². The Labute approximate surface area is 224 Å². The first-order valence-corrected chi connectivity index (χ1v) is 14.1. The van der Waals surface area contributed by atoms with Crippen molar-refractivity contribution in [1.82, 2.24) is 9.21 Å². The molecule has 3 rings (SSSR count). The van der Waals surface area contributed by atoms with Gasteiger partial charge in [0.2, 0.25) is 10.0 Å². The van der Waals surface area contributed by atoms with Gasteiger partial charge in [0, 0.05) is 37.5 Å². The van der Waals surface area contributed by atoms with Crippen LogP contribution in [0.15, 0.2) is 47.4 Å². The van der Waals surface area contributed by atoms with E-state index in [1.54, 1.807) is 32.2 Å². The van der Waals surface area contributed by atoms with E-state index in [4.69, 9.17) is 4.74 Å². The number of urea groups is 1. The number of halogens is 1. The van der Waals surface area contributed by atoms with Crippen LogP contribution in [0.5, 0.6) is 5.75 Å². The molecule has 0 aromatic heterocycles. The van der Waals surface area contributed by atoms with Crippen LogP contribution in [-0.2, 0) is 10.0 Å². The average molecular weight is 546 g/mol. The molecule has 1 aliphatic heterocycles. The summed E-state index contributed by atoms with van der Waals surface area (Å²) in [6.45, 7) is 7.42. The molecule has 0 bridgehead atoms. The minimum Gasteiger partial charge on any atom is -0.487 e. The third-order valence-corrected chi connectivity index (χ3v) is 8.35. The molecule has 3 atom stereocenters. The first-order valence-electron chi connectivity index (χ1n) is 12.6. The van der Waals surface area contributed by atoms with Crippen LogP contribution in [0.4, 0.5) is 14.9 Å². The summed E-state index contributed by atoms with van der Waals surface area (Å²) >= 11 is 0. The molecule has 0 saturated heterocycles. The summed E-state index contributed by atoms with van der Waals surface area (Å²) in [6.07, 6.45) is 0.0902. The fraction of sp³-hybridized carbons (Fsp3) is 0.464. The fourth-order valence-electron chi connectivity index (χ4n) is 4.00. The zero-order valence-electron chi connectivity index (χ0n) is 22.4. The number of sulfonamides is 1. The Kier molecular flexibility index (Phi) is 9.77. The Hall–Kier alpha value is -3.13. The number of hydrogen-bond donors (Lipinski definition) is 2. The van der Waals surface area contributed by atoms with Gasteiger partial charge in [0.15, 0.2) is 0 Å². The maximum atomic E-state index is 14.0. The molecule has 38 heavy (non-hydrogen) atoms. The molecule has 0 radical (unpaired) electrons. The average Bonchev–Trinajstić information content (AvgIpc) is 2.86. The van der Waals surface area contributed by atoms with E-state index >= 15 is 0 Å². The van der Waals surface area contributed by atoms with Crippen LogP contribution < -0.4 is 10.1 Å². The Morgan fingerprint density at radius 3 is 2.63 bits per heavy atom. The van der Waals surface area contributed by atoms with E-state index in [2.05, 4.69) is 31.0 Å². The van der Waals surface area contributed by atoms with E-state index in [0.717, 1.165) is 0 Å². The van der Waals surface area contributed by atoms with Crippen molar-refractivity contribution in [3.63, 3.8) is 0 Å². The molecule has 1 heterocycles. The quantitative estimate of drug-likeness (QED) is 0.532. The summed E-state index contributed by atoms with van der Waals surface area (Å²) in [7, 11) is -2.43. The second kappa shape index (κ2) is 12.6. The van der Waals surface area contributed by atoms with Crippen LogP contribution in [0, 0.1) is 29.5 Å². The molecule has 2 amide bonds. The molecule has 0 spiro atoms. The lowest BCUT2D eigenvalue weighted by Gasteiger charge is -2.37. The highest BCUT2D eigenvalue weighted by Gasteiger charge is 2.38. The highest BCUT2D eigenvalue weighted by Crippen LogP contribution is 2.34. The standard InChI is InChI=1S/C28H36FN3O5S/c1-19(2)9-8-10-22-13-14-27-25(15-22)37-26(20(3)16-32(21(4)18-33)38(27,35)36)17-31(5)28(34)30-24-12-7-6-11-23(24)29/h6-7,11-15,19-21,26,33H,9,16-18H2,1-5H3,(H,30,34)/t20-,21-,26-/m0/s1. The van der Waals surface area contributed by atoms with Crippen molar-refractivity contribution in [2.45, 2.75) is 51.2 Å². The highest BCUT2D eigenvalue weighted by atomic mass is 32.2. The van der Waals surface area contributed by atoms with E-state index in [1.165, 1.54) is 33.5 Å². The minimum atomic E-state index is -3.99. The fourth-order valence-corrected chi connectivity index (χ4v) is 5.83. The number of anilines is 1. The third kappa shape index (κ3) is 7.04. The van der Waals surface area contributed by atoms with Crippen molar-refractivity contribution >= 4 is 21.7 Å². The minimum absolute atomic E-state index is 0.0254. The first kappa shape index (κ1) is 29.4. The number of amides is 2. The summed E-state index contributed by atoms with van der Waals surface area (Å²) in [5.74, 6) is 5.79. The zero-order valence-corrected chi connectivity index (χ0v) is 23.3. The molecule has 0 unspecified atom stereocenters. The lowest BCUT2D eigenvalue weighted by molar-refractivity contribution is 0.0830. The number of aliphatic hydroxyl groups excluding tert-OH is 1. The Balaban J connectivity index is 1.95. The summed E-state index contributed by atoms with van der Waals surface area (Å²) in [5.41, 5.74) is 0.666. The largest absolute Gasteiger partial charge is 0.487 e. The molecule has 2 N–H and O–H groups in total. The summed E-state index contributed by atoms with van der Waals surface area (Å²) < 4.78 is 48.8. The lowest BCUT2D eigenvalue weighted by Crippen LogP contribution is -2.50. The van der Waals surface area contributed by atoms with Crippen LogP contribution in [0.25, 0.3) is 0 Å². The number of carbonyl (C=O) groups is 1. The van der Waals surface area contributed by atoms with Crippen molar-refractivity contribution in [2.24, 2.45) is 11.8 Å². The van der Waals surface area contributed by atoms with Crippen LogP contribution in [-0.4, -0.2) is 67.7 Å². The molecular formula is C28H36FN3O5S. The van der Waals surface area contributed by atoms with Gasteiger partial charge < -0.3 is 20.1 Å². The van der Waals surface area contributed by atoms with Gasteiger partial charge in [-0.05, 0) is 43.2 Å². The molecule has 8 nitrogen and oxygen atoms in total. The molecule has 10 heteroatoms. The van der Waals surface area contributed by atoms with Gasteiger partial charge in [0.05, 0.1) is 18.8 Å². The van der Waals surface area contributed by atoms with Gasteiger partial charge >= 0.3 is 6.03 Å². The SMILES string of the molecule is CC(C)CC#Cc1ccc2c(c1)O[C@@H](CN(C)C(=O)Nc1ccccc1F)[C@@H](C)CN([C@@H](C)CO)S2(=O)=O. The number of ether oxygens (including phenoxy) is 1. The highest BCUT2D eigenvalue weighted by molar-refractivity contribution is 7.89. The van der Waals surface area contributed by atoms with Gasteiger partial charge in [0.1, 0.15) is 22.6 Å². The van der Waals surface area contributed by atoms with Crippen molar-refractivity contribution in [3.05, 3.63) is 53.8 Å². The third-order valence-electron chi connectivity index (χ3n) is 6.33. The van der Waals surface area contributed by atoms with Gasteiger partial charge in [-0.1, -0.05) is 44.7 Å². The number of nitrogens with zero attached hydrogens (tertiary/aromatic N) is 2. The smallest absolute Gasteiger partial charge is 0.321 e. The topological polar surface area (TPSA) is 99.2 Å². The van der Waals surface area contributed by atoms with Crippen molar-refractivity contribution in [2.75, 3.05) is 32.1 Å². The number of benzene rings is 2. The number of para-hydroxylation sites is 1. The van der Waals surface area contributed by atoms with Crippen LogP contribution in [0.1, 0.15) is 39.7 Å². The van der Waals surface area contributed by atoms with Crippen LogP contribution >= 0.6 is 0 Å². The molecule has 2 aromatic rings. The molecule has 0 fully saturated rings. The number of hydrogen-bond acceptors (Lipinski definition) is 5. The van der Waals surface area contributed by atoms with E-state index in [0.29, 0.717) is 17.9 Å². The first-order chi connectivity index (χ1) is 17.9. The normalized spacial score (nSPS) is 19.7. The van der Waals surface area contributed by atoms with Crippen molar-refractivity contribution in [3.8, 4) is 17.6 Å². The monoisotopic (exact) mass is 545 g/mol. The maximum absolute atomic E-state index is 14.0. The van der Waals surface area contributed by atoms with Gasteiger partial charge in [-0.2, -0.15) is 4.31 Å². The number of carbonyl (C=O) groups excluding carboxylic acids is 1. The van der Waals surface area contributed by atoms with Gasteiger partial charge in [0.25, 0.3) is 0 Å². The molecule has 1 aliphatic rings.